The summed E-state index contributed by atoms with van der Waals surface area (Å²) < 4.78 is 21.4. The Morgan fingerprint density at radius 3 is 1.27 bits per heavy atom. The van der Waals surface area contributed by atoms with Crippen LogP contribution >= 0.6 is 0 Å². The molecule has 8 aromatic rings. The van der Waals surface area contributed by atoms with Crippen LogP contribution in [0.5, 0.6) is 23.0 Å². The van der Waals surface area contributed by atoms with E-state index in [1.807, 2.05) is 24.3 Å². The van der Waals surface area contributed by atoms with Gasteiger partial charge in [0.25, 0.3) is 0 Å². The van der Waals surface area contributed by atoms with Crippen LogP contribution in [0.3, 0.4) is 0 Å². The Morgan fingerprint density at radius 2 is 0.900 bits per heavy atom. The molecule has 4 heterocycles. The molecule has 0 unspecified atom stereocenters. The van der Waals surface area contributed by atoms with Crippen molar-refractivity contribution < 1.29 is 60.7 Å². The van der Waals surface area contributed by atoms with Gasteiger partial charge in [-0.15, -0.1) is 47.8 Å². The largest absolute Gasteiger partial charge is 0.511 e. The molecule has 0 fully saturated rings. The van der Waals surface area contributed by atoms with Crippen molar-refractivity contribution in [2.45, 2.75) is 92.2 Å². The molecule has 0 radical (unpaired) electrons. The van der Waals surface area contributed by atoms with Gasteiger partial charge in [-0.25, -0.2) is 0 Å². The van der Waals surface area contributed by atoms with Gasteiger partial charge in [-0.1, -0.05) is 101 Å². The van der Waals surface area contributed by atoms with Crippen molar-refractivity contribution in [1.82, 2.24) is 19.1 Å². The van der Waals surface area contributed by atoms with Crippen LogP contribution in [-0.2, 0) is 53.0 Å². The number of nitrogens with zero attached hydrogens (tertiary/aromatic N) is 6. The summed E-state index contributed by atoms with van der Waals surface area (Å²) >= 11 is 0. The summed E-state index contributed by atoms with van der Waals surface area (Å²) in [5.41, 5.74) is 8.80. The maximum absolute atomic E-state index is 6.51. The molecular weight excluding hydrogens is 1110 g/mol. The van der Waals surface area contributed by atoms with Crippen LogP contribution in [-0.4, -0.2) is 19.1 Å². The topological polar surface area (TPSA) is 61.9 Å². The first kappa shape index (κ1) is 44.6. The zero-order valence-electron chi connectivity index (χ0n) is 35.5. The SMILES string of the molecule is CC(C)n1[c-][n+](-c2[c-]c(Oc3[c-]c(-c4[c-]c(Oc5[c-]c(-[n+]6[c-]n(C(C)C)c7ccccc76)cc(C(C)(C)C)c5)ccn4)ncc3)cc(C(C)(C)C)c2)c2ccccc21.[Pt].[Pt]. The van der Waals surface area contributed by atoms with Crippen LogP contribution in [0.1, 0.15) is 92.4 Å². The molecule has 314 valence electrons. The molecule has 60 heavy (non-hydrogen) atoms. The smallest absolute Gasteiger partial charge is 0.242 e. The second-order valence-electron chi connectivity index (χ2n) is 17.3. The molecule has 4 aromatic carbocycles. The normalized spacial score (nSPS) is 11.9. The van der Waals surface area contributed by atoms with E-state index < -0.39 is 0 Å². The van der Waals surface area contributed by atoms with Gasteiger partial charge in [0.15, 0.2) is 0 Å². The minimum absolute atomic E-state index is 0. The van der Waals surface area contributed by atoms with Gasteiger partial charge >= 0.3 is 0 Å². The molecule has 8 rings (SSSR count). The third-order valence-electron chi connectivity index (χ3n) is 10.1. The predicted molar refractivity (Wildman–Crippen MR) is 226 cm³/mol. The summed E-state index contributed by atoms with van der Waals surface area (Å²) in [6, 6.07) is 42.7. The van der Waals surface area contributed by atoms with Gasteiger partial charge in [0, 0.05) is 65.1 Å². The summed E-state index contributed by atoms with van der Waals surface area (Å²) in [7, 11) is 0. The van der Waals surface area contributed by atoms with E-state index in [4.69, 9.17) is 9.47 Å². The first-order valence-electron chi connectivity index (χ1n) is 19.8. The number of imidazole rings is 2. The van der Waals surface area contributed by atoms with Gasteiger partial charge in [0.2, 0.25) is 12.7 Å². The molecule has 0 bridgehead atoms. The standard InChI is InChI=1S/C50H48N6O2.2Pt/c1-33(2)53-31-55(47-17-13-11-15-45(47)53)37-23-35(49(5,6)7)25-41(27-37)57-39-19-21-51-43(29-39)44-30-40(20-22-52-44)58-42-26-36(50(8,9)10)24-38(28-42)56-32-54(34(3)4)46-16-12-14-18-48(46)56;;/h11-26,33-34H,1-10H3;;/q-4;;. The average Bonchev–Trinajstić information content (AvgIpc) is 3.78. The number of hydrogen-bond donors (Lipinski definition) is 0. The van der Waals surface area contributed by atoms with E-state index in [1.165, 1.54) is 0 Å². The average molecular weight is 1160 g/mol. The Morgan fingerprint density at radius 1 is 0.517 bits per heavy atom. The number of para-hydroxylation sites is 4. The van der Waals surface area contributed by atoms with Crippen molar-refractivity contribution in [3.63, 3.8) is 0 Å². The third kappa shape index (κ3) is 9.21. The molecule has 0 saturated carbocycles. The van der Waals surface area contributed by atoms with Crippen molar-refractivity contribution in [1.29, 1.82) is 0 Å². The van der Waals surface area contributed by atoms with Crippen molar-refractivity contribution in [3.8, 4) is 45.8 Å². The summed E-state index contributed by atoms with van der Waals surface area (Å²) in [4.78, 5) is 9.19. The first-order valence-corrected chi connectivity index (χ1v) is 19.8. The molecular formula is C50H48N6O2Pt2-4. The zero-order valence-corrected chi connectivity index (χ0v) is 40.1. The van der Waals surface area contributed by atoms with E-state index >= 15 is 0 Å². The van der Waals surface area contributed by atoms with Crippen LogP contribution in [0, 0.1) is 36.9 Å². The van der Waals surface area contributed by atoms with Crippen LogP contribution in [0.2, 0.25) is 0 Å². The number of aromatic nitrogens is 6. The predicted octanol–water partition coefficient (Wildman–Crippen LogP) is 10.7. The third-order valence-corrected chi connectivity index (χ3v) is 10.1. The Hall–Kier alpha value is -4.90. The number of benzene rings is 4. The minimum atomic E-state index is -0.153. The molecule has 8 nitrogen and oxygen atoms in total. The van der Waals surface area contributed by atoms with Crippen LogP contribution in [0.15, 0.2) is 97.3 Å². The fourth-order valence-electron chi connectivity index (χ4n) is 6.91. The van der Waals surface area contributed by atoms with Crippen molar-refractivity contribution in [3.05, 3.63) is 145 Å². The Bertz CT molecular complexity index is 2600. The summed E-state index contributed by atoms with van der Waals surface area (Å²) in [6.45, 7) is 21.8. The van der Waals surface area contributed by atoms with Gasteiger partial charge in [-0.2, -0.15) is 35.4 Å². The molecule has 0 N–H and O–H groups in total. The molecule has 0 amide bonds. The van der Waals surface area contributed by atoms with Gasteiger partial charge in [-0.05, 0) is 50.9 Å². The van der Waals surface area contributed by atoms with E-state index in [2.05, 4.69) is 183 Å². The van der Waals surface area contributed by atoms with E-state index in [0.717, 1.165) is 44.6 Å². The van der Waals surface area contributed by atoms with Gasteiger partial charge in [-0.3, -0.25) is 0 Å². The summed E-state index contributed by atoms with van der Waals surface area (Å²) in [6.07, 6.45) is 10.5. The van der Waals surface area contributed by atoms with Crippen LogP contribution in [0.4, 0.5) is 0 Å². The molecule has 0 spiro atoms. The van der Waals surface area contributed by atoms with Crippen molar-refractivity contribution in [2.75, 3.05) is 0 Å². The number of ether oxygens (including phenoxy) is 2. The number of hydrogen-bond acceptors (Lipinski definition) is 4. The van der Waals surface area contributed by atoms with Gasteiger partial charge in [0.05, 0.1) is 34.2 Å². The van der Waals surface area contributed by atoms with Gasteiger partial charge < -0.3 is 37.7 Å². The summed E-state index contributed by atoms with van der Waals surface area (Å²) in [5, 5.41) is 0. The molecule has 0 atom stereocenters. The summed E-state index contributed by atoms with van der Waals surface area (Å²) in [5.74, 6) is 2.07. The fraction of sp³-hybridized carbons (Fsp3) is 0.280. The van der Waals surface area contributed by atoms with Crippen LogP contribution in [0.25, 0.3) is 44.8 Å². The zero-order chi connectivity index (χ0) is 40.9. The molecule has 0 saturated heterocycles. The first-order chi connectivity index (χ1) is 27.6. The fourth-order valence-corrected chi connectivity index (χ4v) is 6.91. The maximum atomic E-state index is 6.51. The molecule has 0 aliphatic carbocycles. The van der Waals surface area contributed by atoms with Crippen LogP contribution < -0.4 is 18.6 Å². The second-order valence-corrected chi connectivity index (χ2v) is 17.3. The monoisotopic (exact) mass is 1150 g/mol. The Labute approximate surface area is 382 Å². The van der Waals surface area contributed by atoms with E-state index in [1.54, 1.807) is 24.5 Å². The van der Waals surface area contributed by atoms with E-state index in [0.29, 0.717) is 34.4 Å². The number of pyridine rings is 2. The second kappa shape index (κ2) is 17.6. The van der Waals surface area contributed by atoms with Gasteiger partial charge in [0.1, 0.15) is 0 Å². The Kier molecular flexibility index (Phi) is 13.1. The maximum Gasteiger partial charge on any atom is 0.242 e. The molecule has 4 aromatic heterocycles. The van der Waals surface area contributed by atoms with Crippen molar-refractivity contribution in [2.24, 2.45) is 0 Å². The number of rotatable bonds is 9. The molecule has 0 aliphatic rings. The number of fused-ring (bicyclic) bond motifs is 2. The van der Waals surface area contributed by atoms with Crippen molar-refractivity contribution >= 4 is 22.1 Å². The van der Waals surface area contributed by atoms with E-state index in [9.17, 15) is 0 Å². The minimum Gasteiger partial charge on any atom is -0.511 e. The van der Waals surface area contributed by atoms with E-state index in [-0.39, 0.29) is 65.0 Å². The quantitative estimate of drug-likeness (QED) is 0.107. The molecule has 10 heteroatoms. The molecule has 0 aliphatic heterocycles. The Balaban J connectivity index is 0.00000302.